The molecule has 0 aliphatic rings. The first kappa shape index (κ1) is 30.6. The molecule has 0 amide bonds. The summed E-state index contributed by atoms with van der Waals surface area (Å²) >= 11 is 0. The van der Waals surface area contributed by atoms with Crippen LogP contribution >= 0.6 is 0 Å². The number of carbonyl (C=O) groups is 1. The second-order valence-electron chi connectivity index (χ2n) is 12.7. The highest BCUT2D eigenvalue weighted by Crippen LogP contribution is 2.43. The van der Waals surface area contributed by atoms with Gasteiger partial charge in [0.2, 0.25) is 16.6 Å². The van der Waals surface area contributed by atoms with Crippen molar-refractivity contribution in [3.8, 4) is 11.5 Å². The minimum absolute atomic E-state index is 0.00144. The van der Waals surface area contributed by atoms with Gasteiger partial charge in [0.1, 0.15) is 18.1 Å². The fraction of sp³-hybridized carbons (Fsp3) is 0.536. The van der Waals surface area contributed by atoms with Crippen LogP contribution in [-0.2, 0) is 11.3 Å². The lowest BCUT2D eigenvalue weighted by Crippen LogP contribution is -2.45. The van der Waals surface area contributed by atoms with Gasteiger partial charge >= 0.3 is 5.97 Å². The predicted octanol–water partition coefficient (Wildman–Crippen LogP) is 8.34. The molecule has 0 aliphatic carbocycles. The lowest BCUT2D eigenvalue weighted by atomic mass is 10.0. The molecule has 0 aromatic heterocycles. The van der Waals surface area contributed by atoms with Gasteiger partial charge in [0.15, 0.2) is 0 Å². The van der Waals surface area contributed by atoms with Gasteiger partial charge in [0.05, 0.1) is 10.5 Å². The van der Waals surface area contributed by atoms with Crippen LogP contribution < -0.4 is 8.85 Å². The van der Waals surface area contributed by atoms with Crippen LogP contribution in [0.1, 0.15) is 68.6 Å². The molecule has 2 aromatic rings. The Balaban J connectivity index is 2.52. The highest BCUT2D eigenvalue weighted by molar-refractivity contribution is 6.75. The molecule has 0 spiro atoms. The first-order valence-electron chi connectivity index (χ1n) is 12.6. The predicted molar refractivity (Wildman–Crippen MR) is 154 cm³/mol. The van der Waals surface area contributed by atoms with E-state index in [0.717, 1.165) is 11.1 Å². The fourth-order valence-electron chi connectivity index (χ4n) is 3.17. The number of rotatable bonds is 8. The van der Waals surface area contributed by atoms with Crippen molar-refractivity contribution in [1.29, 1.82) is 0 Å². The first-order chi connectivity index (χ1) is 16.7. The van der Waals surface area contributed by atoms with Gasteiger partial charge in [-0.1, -0.05) is 41.5 Å². The second-order valence-corrected chi connectivity index (χ2v) is 22.2. The van der Waals surface area contributed by atoms with E-state index >= 15 is 0 Å². The summed E-state index contributed by atoms with van der Waals surface area (Å²) < 4.78 is 19.1. The molecule has 0 saturated heterocycles. The van der Waals surface area contributed by atoms with Gasteiger partial charge in [0, 0.05) is 29.3 Å². The Morgan fingerprint density at radius 3 is 1.59 bits per heavy atom. The van der Waals surface area contributed by atoms with Crippen molar-refractivity contribution in [1.82, 2.24) is 0 Å². The van der Waals surface area contributed by atoms with Crippen molar-refractivity contribution in [2.45, 2.75) is 98.3 Å². The molecule has 0 heterocycles. The summed E-state index contributed by atoms with van der Waals surface area (Å²) in [4.78, 5) is 23.9. The summed E-state index contributed by atoms with van der Waals surface area (Å²) in [5.74, 6) is 0.815. The van der Waals surface area contributed by atoms with Gasteiger partial charge in [0.25, 0.3) is 5.69 Å². The zero-order valence-electron chi connectivity index (χ0n) is 24.5. The van der Waals surface area contributed by atoms with Crippen LogP contribution in [-0.4, -0.2) is 27.5 Å². The molecule has 37 heavy (non-hydrogen) atoms. The molecular formula is C28H43NO6Si2. The number of esters is 1. The SMILES string of the molecule is Cc1c(O[Si](C)(C)C(C)(C)C)cc(O[Si](C)(C)C(C)(C)C)c(C)c1C(=O)OCc1ccc([N+](=O)[O-])cc1. The number of hydrogen-bond donors (Lipinski definition) is 0. The number of nitrogens with zero attached hydrogens (tertiary/aromatic N) is 1. The molecule has 7 nitrogen and oxygen atoms in total. The Morgan fingerprint density at radius 2 is 1.24 bits per heavy atom. The second kappa shape index (κ2) is 10.6. The number of nitro benzene ring substituents is 1. The Labute approximate surface area is 223 Å². The monoisotopic (exact) mass is 545 g/mol. The average Bonchev–Trinajstić information content (AvgIpc) is 2.74. The molecule has 0 radical (unpaired) electrons. The van der Waals surface area contributed by atoms with E-state index in [1.807, 2.05) is 19.9 Å². The summed E-state index contributed by atoms with van der Waals surface area (Å²) in [5.41, 5.74) is 2.54. The summed E-state index contributed by atoms with van der Waals surface area (Å²) in [6, 6.07) is 7.93. The van der Waals surface area contributed by atoms with Gasteiger partial charge < -0.3 is 13.6 Å². The quantitative estimate of drug-likeness (QED) is 0.143. The Kier molecular flexibility index (Phi) is 8.76. The number of nitro groups is 1. The third kappa shape index (κ3) is 7.01. The van der Waals surface area contributed by atoms with Gasteiger partial charge in [-0.05, 0) is 67.8 Å². The highest BCUT2D eigenvalue weighted by atomic mass is 28.4. The van der Waals surface area contributed by atoms with Crippen LogP contribution in [0.25, 0.3) is 0 Å². The topological polar surface area (TPSA) is 87.9 Å². The van der Waals surface area contributed by atoms with E-state index < -0.39 is 27.5 Å². The largest absolute Gasteiger partial charge is 0.543 e. The van der Waals surface area contributed by atoms with Crippen LogP contribution in [0, 0.1) is 24.0 Å². The fourth-order valence-corrected chi connectivity index (χ4v) is 5.31. The Hall–Kier alpha value is -2.66. The van der Waals surface area contributed by atoms with E-state index in [9.17, 15) is 14.9 Å². The third-order valence-electron chi connectivity index (χ3n) is 7.82. The van der Waals surface area contributed by atoms with Crippen molar-refractivity contribution >= 4 is 28.3 Å². The maximum Gasteiger partial charge on any atom is 0.339 e. The minimum atomic E-state index is -2.21. The minimum Gasteiger partial charge on any atom is -0.543 e. The number of hydrogen-bond acceptors (Lipinski definition) is 6. The third-order valence-corrected chi connectivity index (χ3v) is 16.5. The Bertz CT molecular complexity index is 1110. The van der Waals surface area contributed by atoms with E-state index in [1.54, 1.807) is 12.1 Å². The van der Waals surface area contributed by atoms with E-state index in [0.29, 0.717) is 22.6 Å². The van der Waals surface area contributed by atoms with Gasteiger partial charge in [-0.3, -0.25) is 10.1 Å². The first-order valence-corrected chi connectivity index (χ1v) is 18.4. The van der Waals surface area contributed by atoms with Crippen molar-refractivity contribution in [2.75, 3.05) is 0 Å². The van der Waals surface area contributed by atoms with Crippen LogP contribution in [0.15, 0.2) is 30.3 Å². The summed E-state index contributed by atoms with van der Waals surface area (Å²) in [6.07, 6.45) is 0. The zero-order chi connectivity index (χ0) is 28.6. The van der Waals surface area contributed by atoms with Gasteiger partial charge in [-0.15, -0.1) is 0 Å². The highest BCUT2D eigenvalue weighted by Gasteiger charge is 2.42. The smallest absolute Gasteiger partial charge is 0.339 e. The van der Waals surface area contributed by atoms with E-state index in [4.69, 9.17) is 13.6 Å². The number of carbonyl (C=O) groups excluding carboxylic acids is 1. The lowest BCUT2D eigenvalue weighted by molar-refractivity contribution is -0.384. The maximum absolute atomic E-state index is 13.4. The van der Waals surface area contributed by atoms with E-state index in [2.05, 4.69) is 67.7 Å². The summed E-state index contributed by atoms with van der Waals surface area (Å²) in [7, 11) is -4.42. The molecule has 0 bridgehead atoms. The molecule has 0 aliphatic heterocycles. The lowest BCUT2D eigenvalue weighted by Gasteiger charge is -2.39. The average molecular weight is 546 g/mol. The summed E-state index contributed by atoms with van der Waals surface area (Å²) in [6.45, 7) is 25.5. The molecule has 0 fully saturated rings. The van der Waals surface area contributed by atoms with Crippen LogP contribution in [0.2, 0.25) is 36.3 Å². The number of ether oxygens (including phenoxy) is 1. The van der Waals surface area contributed by atoms with Crippen LogP contribution in [0.4, 0.5) is 5.69 Å². The molecule has 9 heteroatoms. The number of non-ortho nitro benzene ring substituents is 1. The molecule has 0 unspecified atom stereocenters. The van der Waals surface area contributed by atoms with Crippen LogP contribution in [0.5, 0.6) is 11.5 Å². The maximum atomic E-state index is 13.4. The van der Waals surface area contributed by atoms with Crippen LogP contribution in [0.3, 0.4) is 0 Å². The molecule has 2 rings (SSSR count). The summed E-state index contributed by atoms with van der Waals surface area (Å²) in [5, 5.41) is 10.9. The van der Waals surface area contributed by atoms with Gasteiger partial charge in [-0.2, -0.15) is 0 Å². The molecule has 0 atom stereocenters. The molecule has 204 valence electrons. The van der Waals surface area contributed by atoms with Gasteiger partial charge in [-0.25, -0.2) is 4.79 Å². The Morgan fingerprint density at radius 1 is 0.838 bits per heavy atom. The molecule has 2 aromatic carbocycles. The van der Waals surface area contributed by atoms with E-state index in [1.165, 1.54) is 12.1 Å². The van der Waals surface area contributed by atoms with Crippen molar-refractivity contribution in [3.05, 3.63) is 62.7 Å². The standard InChI is InChI=1S/C28H43NO6Si2/c1-19-23(34-36(9,10)27(3,4)5)17-24(35-37(11,12)28(6,7)8)20(2)25(19)26(30)33-18-21-13-15-22(16-14-21)29(31)32/h13-17H,18H2,1-12H3. The number of benzene rings is 2. The normalized spacial score (nSPS) is 12.8. The van der Waals surface area contributed by atoms with Crippen molar-refractivity contribution in [2.24, 2.45) is 0 Å². The molecule has 0 saturated carbocycles. The molecule has 0 N–H and O–H groups in total. The molecular weight excluding hydrogens is 502 g/mol. The zero-order valence-corrected chi connectivity index (χ0v) is 26.5. The van der Waals surface area contributed by atoms with Crippen molar-refractivity contribution < 1.29 is 23.3 Å². The van der Waals surface area contributed by atoms with Crippen molar-refractivity contribution in [3.63, 3.8) is 0 Å². The van der Waals surface area contributed by atoms with E-state index in [-0.39, 0.29) is 22.4 Å².